The quantitative estimate of drug-likeness (QED) is 0.167. The van der Waals surface area contributed by atoms with Crippen molar-refractivity contribution in [2.75, 3.05) is 4.90 Å². The highest BCUT2D eigenvalue weighted by molar-refractivity contribution is 6.10. The van der Waals surface area contributed by atoms with E-state index in [0.717, 1.165) is 39.6 Å². The number of benzene rings is 10. The molecule has 0 saturated carbocycles. The standard InChI is InChI=1S/C65H42N4/c1-4-19-43(20-5-1)58-42-59(44-21-6-2-7-22-44)67-64(66-58)69-62-33-16-13-30-55(62)65(56-31-14-17-34-63(56)69)54-29-12-10-27-50(54)51-37-35-48(41-57(51)65)46-24-18-23-45(39-46)47-36-38-61-53(40-47)52-28-11-15-32-60(52)68(61)49-25-8-3-9-26-49/h1-42H. The van der Waals surface area contributed by atoms with Crippen LogP contribution in [0.3, 0.4) is 0 Å². The van der Waals surface area contributed by atoms with Crippen LogP contribution in [0.1, 0.15) is 22.3 Å². The van der Waals surface area contributed by atoms with Crippen LogP contribution in [-0.2, 0) is 5.41 Å². The highest BCUT2D eigenvalue weighted by Gasteiger charge is 2.52. The highest BCUT2D eigenvalue weighted by atomic mass is 15.3. The van der Waals surface area contributed by atoms with Crippen molar-refractivity contribution < 1.29 is 0 Å². The Morgan fingerprint density at radius 2 is 0.797 bits per heavy atom. The minimum absolute atomic E-state index is 0.624. The van der Waals surface area contributed by atoms with Gasteiger partial charge in [0, 0.05) is 27.6 Å². The lowest BCUT2D eigenvalue weighted by Crippen LogP contribution is -2.36. The van der Waals surface area contributed by atoms with Crippen molar-refractivity contribution in [3.63, 3.8) is 0 Å². The van der Waals surface area contributed by atoms with Crippen LogP contribution >= 0.6 is 0 Å². The first kappa shape index (κ1) is 39.1. The summed E-state index contributed by atoms with van der Waals surface area (Å²) in [5.41, 5.74) is 21.0. The zero-order valence-electron chi connectivity index (χ0n) is 37.5. The van der Waals surface area contributed by atoms with E-state index < -0.39 is 5.41 Å². The third-order valence-corrected chi connectivity index (χ3v) is 14.4. The molecule has 2 aromatic heterocycles. The van der Waals surface area contributed by atoms with E-state index in [2.05, 4.69) is 252 Å². The predicted molar refractivity (Wildman–Crippen MR) is 284 cm³/mol. The fourth-order valence-electron chi connectivity index (χ4n) is 11.4. The zero-order chi connectivity index (χ0) is 45.5. The molecule has 14 rings (SSSR count). The molecule has 0 unspecified atom stereocenters. The van der Waals surface area contributed by atoms with Gasteiger partial charge >= 0.3 is 0 Å². The van der Waals surface area contributed by atoms with E-state index in [1.165, 1.54) is 77.4 Å². The molecule has 0 saturated heterocycles. The van der Waals surface area contributed by atoms with Crippen molar-refractivity contribution in [1.82, 2.24) is 14.5 Å². The lowest BCUT2D eigenvalue weighted by molar-refractivity contribution is 0.750. The van der Waals surface area contributed by atoms with Gasteiger partial charge in [0.2, 0.25) is 5.95 Å². The third-order valence-electron chi connectivity index (χ3n) is 14.4. The molecule has 0 fully saturated rings. The molecule has 4 heteroatoms. The molecule has 69 heavy (non-hydrogen) atoms. The number of hydrogen-bond donors (Lipinski definition) is 0. The Hall–Kier alpha value is -9.12. The van der Waals surface area contributed by atoms with Crippen LogP contribution in [0.5, 0.6) is 0 Å². The Bertz CT molecular complexity index is 3860. The Morgan fingerprint density at radius 3 is 1.48 bits per heavy atom. The molecule has 0 N–H and O–H groups in total. The van der Waals surface area contributed by atoms with Gasteiger partial charge in [-0.1, -0.05) is 194 Å². The summed E-state index contributed by atoms with van der Waals surface area (Å²) in [7, 11) is 0. The second-order valence-corrected chi connectivity index (χ2v) is 18.1. The molecule has 4 nitrogen and oxygen atoms in total. The molecule has 0 amide bonds. The minimum Gasteiger partial charge on any atom is -0.309 e. The van der Waals surface area contributed by atoms with E-state index in [4.69, 9.17) is 9.97 Å². The number of para-hydroxylation sites is 4. The molecular formula is C65H42N4. The monoisotopic (exact) mass is 878 g/mol. The minimum atomic E-state index is -0.624. The summed E-state index contributed by atoms with van der Waals surface area (Å²) in [4.78, 5) is 13.1. The summed E-state index contributed by atoms with van der Waals surface area (Å²) >= 11 is 0. The first-order chi connectivity index (χ1) is 34.2. The number of anilines is 3. The van der Waals surface area contributed by atoms with Crippen LogP contribution in [0.2, 0.25) is 0 Å². The number of nitrogens with zero attached hydrogens (tertiary/aromatic N) is 4. The normalized spacial score (nSPS) is 13.0. The molecule has 322 valence electrons. The van der Waals surface area contributed by atoms with E-state index in [-0.39, 0.29) is 0 Å². The molecule has 12 aromatic rings. The van der Waals surface area contributed by atoms with E-state index >= 15 is 0 Å². The average molecular weight is 879 g/mol. The second kappa shape index (κ2) is 15.5. The van der Waals surface area contributed by atoms with Gasteiger partial charge in [0.1, 0.15) is 0 Å². The van der Waals surface area contributed by atoms with Gasteiger partial charge in [-0.15, -0.1) is 0 Å². The molecule has 1 aliphatic carbocycles. The average Bonchev–Trinajstić information content (AvgIpc) is 3.92. The molecule has 0 atom stereocenters. The van der Waals surface area contributed by atoms with Gasteiger partial charge in [0.05, 0.1) is 39.2 Å². The fourth-order valence-corrected chi connectivity index (χ4v) is 11.4. The van der Waals surface area contributed by atoms with E-state index in [1.54, 1.807) is 0 Å². The van der Waals surface area contributed by atoms with Crippen molar-refractivity contribution in [3.8, 4) is 61.6 Å². The van der Waals surface area contributed by atoms with Crippen LogP contribution in [0.15, 0.2) is 255 Å². The molecule has 10 aromatic carbocycles. The van der Waals surface area contributed by atoms with Gasteiger partial charge in [-0.2, -0.15) is 0 Å². The topological polar surface area (TPSA) is 34.0 Å². The fraction of sp³-hybridized carbons (Fsp3) is 0.0154. The number of hydrogen-bond acceptors (Lipinski definition) is 3. The summed E-state index contributed by atoms with van der Waals surface area (Å²) in [6, 6.07) is 92.3. The maximum atomic E-state index is 5.40. The van der Waals surface area contributed by atoms with Crippen molar-refractivity contribution in [2.45, 2.75) is 5.41 Å². The Balaban J connectivity index is 0.940. The SMILES string of the molecule is c1ccc(-c2cc(-c3ccccc3)nc(N3c4ccccc4C4(c5ccccc5-c5ccc(-c6cccc(-c7ccc8c(c7)c7ccccc7n8-c7ccccc7)c6)cc54)c4ccccc43)n2)cc1. The predicted octanol–water partition coefficient (Wildman–Crippen LogP) is 16.4. The summed E-state index contributed by atoms with van der Waals surface area (Å²) < 4.78 is 2.38. The number of aromatic nitrogens is 3. The third kappa shape index (κ3) is 5.95. The summed E-state index contributed by atoms with van der Waals surface area (Å²) in [6.07, 6.45) is 0. The van der Waals surface area contributed by atoms with Gasteiger partial charge in [-0.25, -0.2) is 9.97 Å². The lowest BCUT2D eigenvalue weighted by atomic mass is 9.64. The van der Waals surface area contributed by atoms with Gasteiger partial charge in [-0.05, 0) is 116 Å². The van der Waals surface area contributed by atoms with Crippen molar-refractivity contribution in [1.29, 1.82) is 0 Å². The Morgan fingerprint density at radius 1 is 0.304 bits per heavy atom. The zero-order valence-corrected chi connectivity index (χ0v) is 37.5. The van der Waals surface area contributed by atoms with Gasteiger partial charge < -0.3 is 4.57 Å². The van der Waals surface area contributed by atoms with Crippen molar-refractivity contribution in [2.24, 2.45) is 0 Å². The molecule has 3 heterocycles. The van der Waals surface area contributed by atoms with Gasteiger partial charge in [0.15, 0.2) is 0 Å². The largest absolute Gasteiger partial charge is 0.309 e. The maximum Gasteiger partial charge on any atom is 0.235 e. The Labute approximate surface area is 400 Å². The molecule has 0 radical (unpaired) electrons. The van der Waals surface area contributed by atoms with E-state index in [1.807, 2.05) is 12.1 Å². The van der Waals surface area contributed by atoms with Gasteiger partial charge in [-0.3, -0.25) is 4.90 Å². The highest BCUT2D eigenvalue weighted by Crippen LogP contribution is 2.63. The maximum absolute atomic E-state index is 5.40. The number of fused-ring (bicyclic) bond motifs is 12. The van der Waals surface area contributed by atoms with Crippen molar-refractivity contribution >= 4 is 39.1 Å². The molecule has 1 aliphatic heterocycles. The van der Waals surface area contributed by atoms with Crippen LogP contribution in [0.25, 0.3) is 83.4 Å². The van der Waals surface area contributed by atoms with Gasteiger partial charge in [0.25, 0.3) is 0 Å². The van der Waals surface area contributed by atoms with Crippen molar-refractivity contribution in [3.05, 3.63) is 277 Å². The molecule has 2 aliphatic rings. The molecular weight excluding hydrogens is 837 g/mol. The first-order valence-electron chi connectivity index (χ1n) is 23.7. The molecule has 1 spiro atoms. The van der Waals surface area contributed by atoms with E-state index in [0.29, 0.717) is 5.95 Å². The smallest absolute Gasteiger partial charge is 0.235 e. The lowest BCUT2D eigenvalue weighted by Gasteiger charge is -2.44. The van der Waals surface area contributed by atoms with Crippen LogP contribution in [0.4, 0.5) is 17.3 Å². The van der Waals surface area contributed by atoms with Crippen LogP contribution in [0, 0.1) is 0 Å². The Kier molecular flexibility index (Phi) is 8.77. The van der Waals surface area contributed by atoms with Crippen LogP contribution < -0.4 is 4.90 Å². The molecule has 0 bridgehead atoms. The summed E-state index contributed by atoms with van der Waals surface area (Å²) in [5.74, 6) is 0.629. The summed E-state index contributed by atoms with van der Waals surface area (Å²) in [5, 5.41) is 2.49. The van der Waals surface area contributed by atoms with Crippen LogP contribution in [-0.4, -0.2) is 14.5 Å². The number of rotatable bonds is 6. The first-order valence-corrected chi connectivity index (χ1v) is 23.7. The second-order valence-electron chi connectivity index (χ2n) is 18.1. The summed E-state index contributed by atoms with van der Waals surface area (Å²) in [6.45, 7) is 0. The van der Waals surface area contributed by atoms with E-state index in [9.17, 15) is 0 Å².